The van der Waals surface area contributed by atoms with Crippen LogP contribution in [0, 0.1) is 6.92 Å². The number of carbonyl (C=O) groups excluding carboxylic acids is 1. The van der Waals surface area contributed by atoms with Gasteiger partial charge in [0.05, 0.1) is 17.4 Å². The van der Waals surface area contributed by atoms with Crippen molar-refractivity contribution in [3.8, 4) is 11.3 Å². The van der Waals surface area contributed by atoms with E-state index in [2.05, 4.69) is 5.10 Å². The molecule has 0 fully saturated rings. The van der Waals surface area contributed by atoms with E-state index < -0.39 is 0 Å². The van der Waals surface area contributed by atoms with Crippen LogP contribution < -0.4 is 0 Å². The van der Waals surface area contributed by atoms with Crippen LogP contribution in [0.2, 0.25) is 0 Å². The monoisotopic (exact) mass is 239 g/mol. The molecule has 0 N–H and O–H groups in total. The molecule has 0 unspecified atom stereocenters. The van der Waals surface area contributed by atoms with Crippen LogP contribution >= 0.6 is 0 Å². The maximum absolute atomic E-state index is 11.0. The van der Waals surface area contributed by atoms with Gasteiger partial charge in [-0.05, 0) is 30.7 Å². The van der Waals surface area contributed by atoms with Crippen molar-refractivity contribution in [2.45, 2.75) is 6.92 Å². The van der Waals surface area contributed by atoms with Crippen LogP contribution in [0.1, 0.15) is 15.9 Å². The van der Waals surface area contributed by atoms with Crippen molar-refractivity contribution in [3.63, 3.8) is 0 Å². The fourth-order valence-corrected chi connectivity index (χ4v) is 2.35. The quantitative estimate of drug-likeness (QED) is 0.644. The summed E-state index contributed by atoms with van der Waals surface area (Å²) >= 11 is 0. The third kappa shape index (κ3) is 1.46. The maximum atomic E-state index is 11.0. The zero-order chi connectivity index (χ0) is 12.7. The fourth-order valence-electron chi connectivity index (χ4n) is 2.35. The van der Waals surface area contributed by atoms with Gasteiger partial charge in [0.1, 0.15) is 0 Å². The Labute approximate surface area is 104 Å². The van der Waals surface area contributed by atoms with E-state index in [0.717, 1.165) is 28.6 Å². The molecule has 0 amide bonds. The first-order chi connectivity index (χ1) is 8.70. The second-order valence-corrected chi connectivity index (χ2v) is 4.40. The second kappa shape index (κ2) is 3.84. The summed E-state index contributed by atoms with van der Waals surface area (Å²) in [5.74, 6) is 0. The summed E-state index contributed by atoms with van der Waals surface area (Å²) in [6, 6.07) is 5.71. The number of hydrogen-bond acceptors (Lipinski definition) is 2. The molecule has 4 nitrogen and oxygen atoms in total. The maximum Gasteiger partial charge on any atom is 0.152 e. The number of nitrogens with zero attached hydrogens (tertiary/aromatic N) is 3. The van der Waals surface area contributed by atoms with E-state index in [1.165, 1.54) is 0 Å². The lowest BCUT2D eigenvalue weighted by molar-refractivity contribution is 0.112. The summed E-state index contributed by atoms with van der Waals surface area (Å²) in [5.41, 5.74) is 4.89. The second-order valence-electron chi connectivity index (χ2n) is 4.40. The summed E-state index contributed by atoms with van der Waals surface area (Å²) in [5, 5.41) is 4.24. The molecule has 3 aromatic rings. The Hall–Kier alpha value is -2.36. The molecule has 0 aromatic carbocycles. The third-order valence-electron chi connectivity index (χ3n) is 3.19. The molecule has 3 aromatic heterocycles. The van der Waals surface area contributed by atoms with Gasteiger partial charge < -0.3 is 4.40 Å². The van der Waals surface area contributed by atoms with Crippen molar-refractivity contribution in [1.82, 2.24) is 14.2 Å². The van der Waals surface area contributed by atoms with Crippen LogP contribution in [0.3, 0.4) is 0 Å². The zero-order valence-electron chi connectivity index (χ0n) is 10.3. The van der Waals surface area contributed by atoms with Crippen molar-refractivity contribution >= 4 is 11.8 Å². The summed E-state index contributed by atoms with van der Waals surface area (Å²) in [4.78, 5) is 11.0. The highest BCUT2D eigenvalue weighted by Gasteiger charge is 2.11. The predicted molar refractivity (Wildman–Crippen MR) is 69.7 cm³/mol. The summed E-state index contributed by atoms with van der Waals surface area (Å²) in [6.07, 6.45) is 6.69. The lowest BCUT2D eigenvalue weighted by atomic mass is 10.1. The molecule has 0 saturated carbocycles. The summed E-state index contributed by atoms with van der Waals surface area (Å²) in [7, 11) is 1.92. The van der Waals surface area contributed by atoms with Gasteiger partial charge in [0.2, 0.25) is 0 Å². The average molecular weight is 239 g/mol. The highest BCUT2D eigenvalue weighted by atomic mass is 16.1. The smallest absolute Gasteiger partial charge is 0.152 e. The Morgan fingerprint density at radius 2 is 2.22 bits per heavy atom. The lowest BCUT2D eigenvalue weighted by Crippen LogP contribution is -1.93. The molecule has 3 heterocycles. The van der Waals surface area contributed by atoms with Crippen LogP contribution in [0.5, 0.6) is 0 Å². The third-order valence-corrected chi connectivity index (χ3v) is 3.19. The van der Waals surface area contributed by atoms with Crippen molar-refractivity contribution in [2.24, 2.45) is 7.05 Å². The molecule has 0 aliphatic heterocycles. The fraction of sp³-hybridized carbons (Fsp3) is 0.143. The summed E-state index contributed by atoms with van der Waals surface area (Å²) in [6.45, 7) is 2.03. The van der Waals surface area contributed by atoms with Gasteiger partial charge in [-0.1, -0.05) is 0 Å². The molecule has 0 bridgehead atoms. The van der Waals surface area contributed by atoms with E-state index in [1.54, 1.807) is 0 Å². The number of aryl methyl sites for hydroxylation is 2. The number of rotatable bonds is 2. The average Bonchev–Trinajstić information content (AvgIpc) is 2.92. The van der Waals surface area contributed by atoms with Crippen LogP contribution in [0.25, 0.3) is 16.8 Å². The Morgan fingerprint density at radius 3 is 2.89 bits per heavy atom. The van der Waals surface area contributed by atoms with Crippen molar-refractivity contribution in [2.75, 3.05) is 0 Å². The molecule has 0 radical (unpaired) electrons. The number of aromatic nitrogens is 3. The molecule has 0 aliphatic rings. The number of pyridine rings is 1. The molecular formula is C14H13N3O. The first-order valence-corrected chi connectivity index (χ1v) is 5.75. The van der Waals surface area contributed by atoms with Gasteiger partial charge in [0, 0.05) is 30.6 Å². The molecule has 0 atom stereocenters. The highest BCUT2D eigenvalue weighted by Crippen LogP contribution is 2.26. The Kier molecular flexibility index (Phi) is 2.30. The first-order valence-electron chi connectivity index (χ1n) is 5.75. The molecule has 4 heteroatoms. The van der Waals surface area contributed by atoms with Crippen LogP contribution in [-0.4, -0.2) is 20.5 Å². The van der Waals surface area contributed by atoms with E-state index in [1.807, 2.05) is 59.8 Å². The predicted octanol–water partition coefficient (Wildman–Crippen LogP) is 2.46. The largest absolute Gasteiger partial charge is 0.322 e. The normalized spacial score (nSPS) is 11.0. The van der Waals surface area contributed by atoms with Gasteiger partial charge >= 0.3 is 0 Å². The van der Waals surface area contributed by atoms with Crippen molar-refractivity contribution in [1.29, 1.82) is 0 Å². The first kappa shape index (κ1) is 10.8. The van der Waals surface area contributed by atoms with Crippen molar-refractivity contribution < 1.29 is 4.79 Å². The molecule has 18 heavy (non-hydrogen) atoms. The summed E-state index contributed by atoms with van der Waals surface area (Å²) < 4.78 is 3.82. The Balaban J connectivity index is 2.29. The van der Waals surface area contributed by atoms with Gasteiger partial charge in [0.25, 0.3) is 0 Å². The van der Waals surface area contributed by atoms with Crippen LogP contribution in [0.4, 0.5) is 0 Å². The SMILES string of the molecule is Cc1cnn(C)c1-c1cc2c(C=O)cccn2c1. The Morgan fingerprint density at radius 1 is 1.39 bits per heavy atom. The number of hydrogen-bond donors (Lipinski definition) is 0. The molecule has 90 valence electrons. The van der Waals surface area contributed by atoms with Gasteiger partial charge in [0.15, 0.2) is 6.29 Å². The van der Waals surface area contributed by atoms with Crippen LogP contribution in [-0.2, 0) is 7.05 Å². The van der Waals surface area contributed by atoms with Gasteiger partial charge in [-0.25, -0.2) is 0 Å². The minimum Gasteiger partial charge on any atom is -0.322 e. The van der Waals surface area contributed by atoms with Gasteiger partial charge in [-0.3, -0.25) is 9.48 Å². The van der Waals surface area contributed by atoms with E-state index in [9.17, 15) is 4.79 Å². The molecule has 3 rings (SSSR count). The lowest BCUT2D eigenvalue weighted by Gasteiger charge is -1.99. The molecule has 0 aliphatic carbocycles. The minimum absolute atomic E-state index is 0.698. The highest BCUT2D eigenvalue weighted by molar-refractivity contribution is 5.88. The zero-order valence-corrected chi connectivity index (χ0v) is 10.3. The topological polar surface area (TPSA) is 39.3 Å². The standard InChI is InChI=1S/C14H13N3O/c1-10-7-15-16(2)14(10)12-6-13-11(9-18)4-3-5-17(13)8-12/h3-9H,1-2H3. The van der Waals surface area contributed by atoms with E-state index in [0.29, 0.717) is 5.56 Å². The van der Waals surface area contributed by atoms with E-state index in [-0.39, 0.29) is 0 Å². The number of fused-ring (bicyclic) bond motifs is 1. The number of carbonyl (C=O) groups is 1. The van der Waals surface area contributed by atoms with E-state index in [4.69, 9.17) is 0 Å². The van der Waals surface area contributed by atoms with Crippen molar-refractivity contribution in [3.05, 3.63) is 47.9 Å². The van der Waals surface area contributed by atoms with Gasteiger partial charge in [-0.2, -0.15) is 5.10 Å². The molecule has 0 spiro atoms. The van der Waals surface area contributed by atoms with Gasteiger partial charge in [-0.15, -0.1) is 0 Å². The molecular weight excluding hydrogens is 226 g/mol. The minimum atomic E-state index is 0.698. The molecule has 0 saturated heterocycles. The number of aldehydes is 1. The van der Waals surface area contributed by atoms with E-state index >= 15 is 0 Å². The Bertz CT molecular complexity index is 717. The van der Waals surface area contributed by atoms with Crippen LogP contribution in [0.15, 0.2) is 36.8 Å².